The van der Waals surface area contributed by atoms with Crippen molar-refractivity contribution in [1.29, 1.82) is 0 Å². The molecule has 3 unspecified atom stereocenters. The fraction of sp³-hybridized carbons (Fsp3) is 0.500. The lowest BCUT2D eigenvalue weighted by Gasteiger charge is -2.38. The zero-order valence-electron chi connectivity index (χ0n) is 12.0. The molecule has 0 radical (unpaired) electrons. The van der Waals surface area contributed by atoms with E-state index in [4.69, 9.17) is 4.74 Å². The fourth-order valence-electron chi connectivity index (χ4n) is 2.84. The monoisotopic (exact) mass is 277 g/mol. The number of aliphatic hydroxyl groups is 2. The average molecular weight is 277 g/mol. The molecule has 0 amide bonds. The molecule has 110 valence electrons. The smallest absolute Gasteiger partial charge is 0.118 e. The van der Waals surface area contributed by atoms with Gasteiger partial charge >= 0.3 is 0 Å². The highest BCUT2D eigenvalue weighted by Gasteiger charge is 2.38. The van der Waals surface area contributed by atoms with E-state index in [-0.39, 0.29) is 5.92 Å². The zero-order chi connectivity index (χ0) is 14.6. The molecule has 0 heterocycles. The van der Waals surface area contributed by atoms with Crippen LogP contribution in [0.25, 0.3) is 0 Å². The van der Waals surface area contributed by atoms with E-state index in [0.717, 1.165) is 11.3 Å². The molecule has 4 nitrogen and oxygen atoms in total. The van der Waals surface area contributed by atoms with Crippen LogP contribution in [0.15, 0.2) is 36.4 Å². The predicted molar refractivity (Wildman–Crippen MR) is 79.0 cm³/mol. The van der Waals surface area contributed by atoms with Crippen molar-refractivity contribution >= 4 is 0 Å². The molecule has 1 aromatic rings. The van der Waals surface area contributed by atoms with Crippen molar-refractivity contribution in [2.24, 2.45) is 0 Å². The van der Waals surface area contributed by atoms with Crippen molar-refractivity contribution in [3.05, 3.63) is 42.0 Å². The van der Waals surface area contributed by atoms with Crippen molar-refractivity contribution < 1.29 is 14.9 Å². The zero-order valence-corrected chi connectivity index (χ0v) is 12.0. The summed E-state index contributed by atoms with van der Waals surface area (Å²) < 4.78 is 5.16. The van der Waals surface area contributed by atoms with Gasteiger partial charge in [-0.25, -0.2) is 0 Å². The number of likely N-dealkylation sites (N-methyl/N-ethyl adjacent to an activating group) is 1. The minimum absolute atomic E-state index is 0.107. The molecule has 0 aromatic heterocycles. The van der Waals surface area contributed by atoms with Crippen molar-refractivity contribution in [3.63, 3.8) is 0 Å². The SMILES string of the molecule is CNCC(c1ccc(OC)cc1)C1(O)C=CCC(O)C1. The summed E-state index contributed by atoms with van der Waals surface area (Å²) in [6.07, 6.45) is 4.17. The first kappa shape index (κ1) is 15.0. The van der Waals surface area contributed by atoms with Gasteiger partial charge in [0.1, 0.15) is 5.75 Å². The first-order chi connectivity index (χ1) is 9.59. The quantitative estimate of drug-likeness (QED) is 0.713. The normalized spacial score (nSPS) is 27.3. The lowest BCUT2D eigenvalue weighted by molar-refractivity contribution is -0.000489. The molecule has 1 aliphatic rings. The summed E-state index contributed by atoms with van der Waals surface area (Å²) in [5.41, 5.74) is 0.0105. The molecule has 0 saturated carbocycles. The Morgan fingerprint density at radius 2 is 2.10 bits per heavy atom. The van der Waals surface area contributed by atoms with Gasteiger partial charge in [0.05, 0.1) is 18.8 Å². The molecular formula is C16H23NO3. The largest absolute Gasteiger partial charge is 0.497 e. The van der Waals surface area contributed by atoms with Crippen molar-refractivity contribution in [1.82, 2.24) is 5.32 Å². The second-order valence-corrected chi connectivity index (χ2v) is 5.37. The van der Waals surface area contributed by atoms with Crippen LogP contribution in [-0.2, 0) is 0 Å². The van der Waals surface area contributed by atoms with Crippen LogP contribution < -0.4 is 10.1 Å². The fourth-order valence-corrected chi connectivity index (χ4v) is 2.84. The summed E-state index contributed by atoms with van der Waals surface area (Å²) in [7, 11) is 3.50. The number of rotatable bonds is 5. The maximum absolute atomic E-state index is 10.9. The molecule has 20 heavy (non-hydrogen) atoms. The highest BCUT2D eigenvalue weighted by atomic mass is 16.5. The van der Waals surface area contributed by atoms with Gasteiger partial charge in [0, 0.05) is 18.9 Å². The van der Waals surface area contributed by atoms with Gasteiger partial charge in [-0.15, -0.1) is 0 Å². The van der Waals surface area contributed by atoms with Crippen LogP contribution in [-0.4, -0.2) is 42.6 Å². The third-order valence-corrected chi connectivity index (χ3v) is 3.91. The minimum atomic E-state index is -1.02. The number of aliphatic hydroxyl groups excluding tert-OH is 1. The van der Waals surface area contributed by atoms with E-state index in [9.17, 15) is 10.2 Å². The summed E-state index contributed by atoms with van der Waals surface area (Å²) in [6.45, 7) is 0.639. The van der Waals surface area contributed by atoms with Crippen LogP contribution in [0.5, 0.6) is 5.75 Å². The molecule has 3 atom stereocenters. The molecule has 0 aliphatic heterocycles. The van der Waals surface area contributed by atoms with Gasteiger partial charge in [-0.3, -0.25) is 0 Å². The first-order valence-electron chi connectivity index (χ1n) is 6.96. The molecule has 3 N–H and O–H groups in total. The number of nitrogens with one attached hydrogen (secondary N) is 1. The molecule has 1 aliphatic carbocycles. The molecule has 0 fully saturated rings. The van der Waals surface area contributed by atoms with Gasteiger partial charge in [-0.05, 0) is 31.2 Å². The van der Waals surface area contributed by atoms with E-state index in [2.05, 4.69) is 5.32 Å². The summed E-state index contributed by atoms with van der Waals surface area (Å²) in [5.74, 6) is 0.688. The standard InChI is InChI=1S/C16H23NO3/c1-17-11-15(12-5-7-14(20-2)8-6-12)16(19)9-3-4-13(18)10-16/h3,5-9,13,15,17-19H,4,10-11H2,1-2H3. The molecule has 0 spiro atoms. The lowest BCUT2D eigenvalue weighted by atomic mass is 9.75. The van der Waals surface area contributed by atoms with E-state index in [1.54, 1.807) is 7.11 Å². The highest BCUT2D eigenvalue weighted by Crippen LogP contribution is 2.36. The van der Waals surface area contributed by atoms with E-state index >= 15 is 0 Å². The number of hydrogen-bond acceptors (Lipinski definition) is 4. The van der Waals surface area contributed by atoms with Crippen LogP contribution in [0.4, 0.5) is 0 Å². The molecule has 0 bridgehead atoms. The first-order valence-corrected chi connectivity index (χ1v) is 6.96. The van der Waals surface area contributed by atoms with Crippen LogP contribution in [0.2, 0.25) is 0 Å². The Kier molecular flexibility index (Phi) is 4.81. The Hall–Kier alpha value is -1.36. The van der Waals surface area contributed by atoms with Gasteiger partial charge in [-0.2, -0.15) is 0 Å². The Morgan fingerprint density at radius 1 is 1.40 bits per heavy atom. The van der Waals surface area contributed by atoms with Crippen LogP contribution >= 0.6 is 0 Å². The molecule has 2 rings (SSSR count). The maximum atomic E-state index is 10.9. The Balaban J connectivity index is 2.29. The lowest BCUT2D eigenvalue weighted by Crippen LogP contribution is -2.43. The topological polar surface area (TPSA) is 61.7 Å². The maximum Gasteiger partial charge on any atom is 0.118 e. The average Bonchev–Trinajstić information content (AvgIpc) is 2.44. The van der Waals surface area contributed by atoms with Crippen LogP contribution in [0, 0.1) is 0 Å². The number of methoxy groups -OCH3 is 1. The molecule has 0 saturated heterocycles. The Morgan fingerprint density at radius 3 is 2.65 bits per heavy atom. The van der Waals surface area contributed by atoms with Crippen molar-refractivity contribution in [2.45, 2.75) is 30.5 Å². The van der Waals surface area contributed by atoms with Gasteiger partial charge in [-0.1, -0.05) is 24.3 Å². The van der Waals surface area contributed by atoms with E-state index in [1.165, 1.54) is 0 Å². The van der Waals surface area contributed by atoms with Crippen molar-refractivity contribution in [3.8, 4) is 5.75 Å². The van der Waals surface area contributed by atoms with E-state index < -0.39 is 11.7 Å². The van der Waals surface area contributed by atoms with E-state index in [1.807, 2.05) is 43.5 Å². The number of benzene rings is 1. The highest BCUT2D eigenvalue weighted by molar-refractivity contribution is 5.33. The van der Waals surface area contributed by atoms with Crippen LogP contribution in [0.3, 0.4) is 0 Å². The van der Waals surface area contributed by atoms with Crippen molar-refractivity contribution in [2.75, 3.05) is 20.7 Å². The summed E-state index contributed by atoms with van der Waals surface area (Å²) in [4.78, 5) is 0. The van der Waals surface area contributed by atoms with Gasteiger partial charge < -0.3 is 20.3 Å². The molecule has 4 heteroatoms. The third-order valence-electron chi connectivity index (χ3n) is 3.91. The second-order valence-electron chi connectivity index (χ2n) is 5.37. The number of ether oxygens (including phenoxy) is 1. The summed E-state index contributed by atoms with van der Waals surface area (Å²) in [6, 6.07) is 7.72. The third kappa shape index (κ3) is 3.20. The van der Waals surface area contributed by atoms with Gasteiger partial charge in [0.2, 0.25) is 0 Å². The van der Waals surface area contributed by atoms with Crippen LogP contribution in [0.1, 0.15) is 24.3 Å². The molecular weight excluding hydrogens is 254 g/mol. The van der Waals surface area contributed by atoms with Gasteiger partial charge in [0.15, 0.2) is 0 Å². The van der Waals surface area contributed by atoms with Gasteiger partial charge in [0.25, 0.3) is 0 Å². The minimum Gasteiger partial charge on any atom is -0.497 e. The Bertz CT molecular complexity index is 457. The Labute approximate surface area is 120 Å². The predicted octanol–water partition coefficient (Wildman–Crippen LogP) is 1.44. The summed E-state index contributed by atoms with van der Waals surface area (Å²) >= 11 is 0. The number of hydrogen-bond donors (Lipinski definition) is 3. The second kappa shape index (κ2) is 6.39. The summed E-state index contributed by atoms with van der Waals surface area (Å²) in [5, 5.41) is 23.9. The van der Waals surface area contributed by atoms with E-state index in [0.29, 0.717) is 19.4 Å². The molecule has 1 aromatic carbocycles.